The number of rotatable bonds is 5. The first-order valence-corrected chi connectivity index (χ1v) is 5.25. The highest BCUT2D eigenvalue weighted by Crippen LogP contribution is 2.14. The largest absolute Gasteiger partial charge is 0.497 e. The fourth-order valence-electron chi connectivity index (χ4n) is 1.22. The highest BCUT2D eigenvalue weighted by Gasteiger charge is 2.09. The summed E-state index contributed by atoms with van der Waals surface area (Å²) in [6.07, 6.45) is 2.91. The summed E-state index contributed by atoms with van der Waals surface area (Å²) in [5.41, 5.74) is 0.671. The van der Waals surface area contributed by atoms with Gasteiger partial charge < -0.3 is 9.47 Å². The predicted molar refractivity (Wildman–Crippen MR) is 67.7 cm³/mol. The minimum Gasteiger partial charge on any atom is -0.497 e. The topological polar surface area (TPSA) is 59.3 Å². The highest BCUT2D eigenvalue weighted by atomic mass is 16.5. The first-order valence-electron chi connectivity index (χ1n) is 5.25. The van der Waals surface area contributed by atoms with Crippen LogP contribution in [0.3, 0.4) is 0 Å². The van der Waals surface area contributed by atoms with Crippen LogP contribution in [-0.4, -0.2) is 19.7 Å². The van der Waals surface area contributed by atoms with E-state index < -0.39 is 5.97 Å². The van der Waals surface area contributed by atoms with Crippen LogP contribution < -0.4 is 4.74 Å². The van der Waals surface area contributed by atoms with E-state index in [1.807, 2.05) is 6.07 Å². The number of hydrogen-bond acceptors (Lipinski definition) is 4. The van der Waals surface area contributed by atoms with Crippen molar-refractivity contribution in [2.75, 3.05) is 13.7 Å². The molecule has 0 bridgehead atoms. The second kappa shape index (κ2) is 6.92. The van der Waals surface area contributed by atoms with Crippen LogP contribution in [-0.2, 0) is 9.53 Å². The monoisotopic (exact) mass is 243 g/mol. The van der Waals surface area contributed by atoms with E-state index in [9.17, 15) is 4.79 Å². The van der Waals surface area contributed by atoms with Crippen molar-refractivity contribution in [1.82, 2.24) is 0 Å². The van der Waals surface area contributed by atoms with Gasteiger partial charge in [-0.25, -0.2) is 4.79 Å². The molecule has 0 N–H and O–H groups in total. The number of hydrogen-bond donors (Lipinski definition) is 0. The predicted octanol–water partition coefficient (Wildman–Crippen LogP) is 2.33. The summed E-state index contributed by atoms with van der Waals surface area (Å²) in [7, 11) is 1.57. The SMILES string of the molecule is C=CCOC(=O)/C(C#N)=C/c1ccc(OC)cc1. The lowest BCUT2D eigenvalue weighted by Gasteiger charge is -2.01. The van der Waals surface area contributed by atoms with Gasteiger partial charge in [-0.3, -0.25) is 0 Å². The molecular weight excluding hydrogens is 230 g/mol. The zero-order valence-corrected chi connectivity index (χ0v) is 10.1. The molecule has 0 aromatic heterocycles. The number of esters is 1. The third-order valence-corrected chi connectivity index (χ3v) is 2.10. The van der Waals surface area contributed by atoms with Gasteiger partial charge in [-0.15, -0.1) is 0 Å². The van der Waals surface area contributed by atoms with Crippen LogP contribution >= 0.6 is 0 Å². The van der Waals surface area contributed by atoms with E-state index in [-0.39, 0.29) is 12.2 Å². The second-order valence-electron chi connectivity index (χ2n) is 3.33. The lowest BCUT2D eigenvalue weighted by molar-refractivity contribution is -0.137. The van der Waals surface area contributed by atoms with Gasteiger partial charge in [0.05, 0.1) is 7.11 Å². The Labute approximate surface area is 106 Å². The van der Waals surface area contributed by atoms with E-state index in [0.29, 0.717) is 5.75 Å². The molecule has 0 aliphatic rings. The van der Waals surface area contributed by atoms with Crippen LogP contribution in [0.4, 0.5) is 0 Å². The van der Waals surface area contributed by atoms with E-state index in [1.54, 1.807) is 31.4 Å². The molecule has 0 saturated carbocycles. The molecule has 0 spiro atoms. The van der Waals surface area contributed by atoms with Crippen molar-refractivity contribution >= 4 is 12.0 Å². The summed E-state index contributed by atoms with van der Waals surface area (Å²) in [6.45, 7) is 3.51. The Morgan fingerprint density at radius 2 is 2.11 bits per heavy atom. The number of carbonyl (C=O) groups excluding carboxylic acids is 1. The molecule has 92 valence electrons. The number of benzene rings is 1. The van der Waals surface area contributed by atoms with Gasteiger partial charge in [-0.2, -0.15) is 5.26 Å². The van der Waals surface area contributed by atoms with Gasteiger partial charge in [-0.05, 0) is 23.8 Å². The average Bonchev–Trinajstić information content (AvgIpc) is 2.42. The summed E-state index contributed by atoms with van der Waals surface area (Å²) in [4.78, 5) is 11.5. The van der Waals surface area contributed by atoms with Crippen LogP contribution in [0, 0.1) is 11.3 Å². The Hall–Kier alpha value is -2.54. The molecule has 0 radical (unpaired) electrons. The smallest absolute Gasteiger partial charge is 0.349 e. The number of carbonyl (C=O) groups is 1. The van der Waals surface area contributed by atoms with Gasteiger partial charge in [0.2, 0.25) is 0 Å². The van der Waals surface area contributed by atoms with Gasteiger partial charge >= 0.3 is 5.97 Å². The molecule has 0 heterocycles. The Morgan fingerprint density at radius 1 is 1.44 bits per heavy atom. The first-order chi connectivity index (χ1) is 8.71. The van der Waals surface area contributed by atoms with Crippen LogP contribution in [0.1, 0.15) is 5.56 Å². The number of ether oxygens (including phenoxy) is 2. The summed E-state index contributed by atoms with van der Waals surface area (Å²) in [5, 5.41) is 8.89. The van der Waals surface area contributed by atoms with Gasteiger partial charge in [0.15, 0.2) is 0 Å². The van der Waals surface area contributed by atoms with Crippen molar-refractivity contribution in [3.63, 3.8) is 0 Å². The Kier molecular flexibility index (Phi) is 5.20. The fraction of sp³-hybridized carbons (Fsp3) is 0.143. The average molecular weight is 243 g/mol. The Balaban J connectivity index is 2.86. The quantitative estimate of drug-likeness (QED) is 0.344. The minimum absolute atomic E-state index is 0.0537. The zero-order chi connectivity index (χ0) is 13.4. The normalized spacial score (nSPS) is 10.3. The number of nitrogens with zero attached hydrogens (tertiary/aromatic N) is 1. The standard InChI is InChI=1S/C14H13NO3/c1-3-8-18-14(16)12(10-15)9-11-4-6-13(17-2)7-5-11/h3-7,9H,1,8H2,2H3/b12-9+. The maximum atomic E-state index is 11.5. The first kappa shape index (κ1) is 13.5. The summed E-state index contributed by atoms with van der Waals surface area (Å²) in [6, 6.07) is 8.79. The molecule has 0 saturated heterocycles. The second-order valence-corrected chi connectivity index (χ2v) is 3.33. The zero-order valence-electron chi connectivity index (χ0n) is 10.1. The Bertz CT molecular complexity index is 495. The molecule has 1 aromatic rings. The highest BCUT2D eigenvalue weighted by molar-refractivity contribution is 5.97. The van der Waals surface area contributed by atoms with E-state index in [1.165, 1.54) is 12.2 Å². The maximum absolute atomic E-state index is 11.5. The number of methoxy groups -OCH3 is 1. The van der Waals surface area contributed by atoms with Crippen LogP contribution in [0.25, 0.3) is 6.08 Å². The lowest BCUT2D eigenvalue weighted by Crippen LogP contribution is -2.06. The van der Waals surface area contributed by atoms with Crippen molar-refractivity contribution in [2.45, 2.75) is 0 Å². The molecule has 1 aromatic carbocycles. The summed E-state index contributed by atoms with van der Waals surface area (Å²) < 4.78 is 9.80. The molecule has 0 fully saturated rings. The molecule has 0 aliphatic carbocycles. The molecule has 4 nitrogen and oxygen atoms in total. The van der Waals surface area contributed by atoms with Gasteiger partial charge in [0.1, 0.15) is 24.0 Å². The van der Waals surface area contributed by atoms with Crippen molar-refractivity contribution in [3.05, 3.63) is 48.1 Å². The van der Waals surface area contributed by atoms with Crippen LogP contribution in [0.2, 0.25) is 0 Å². The molecule has 18 heavy (non-hydrogen) atoms. The van der Waals surface area contributed by atoms with E-state index in [0.717, 1.165) is 5.56 Å². The van der Waals surface area contributed by atoms with Gasteiger partial charge in [0.25, 0.3) is 0 Å². The summed E-state index contributed by atoms with van der Waals surface area (Å²) >= 11 is 0. The van der Waals surface area contributed by atoms with Crippen molar-refractivity contribution < 1.29 is 14.3 Å². The molecule has 1 rings (SSSR count). The fourth-order valence-corrected chi connectivity index (χ4v) is 1.22. The van der Waals surface area contributed by atoms with Crippen molar-refractivity contribution in [2.24, 2.45) is 0 Å². The van der Waals surface area contributed by atoms with Gasteiger partial charge in [0, 0.05) is 0 Å². The Morgan fingerprint density at radius 3 is 2.61 bits per heavy atom. The van der Waals surface area contributed by atoms with Gasteiger partial charge in [-0.1, -0.05) is 24.8 Å². The van der Waals surface area contributed by atoms with E-state index in [4.69, 9.17) is 14.7 Å². The molecule has 0 atom stereocenters. The van der Waals surface area contributed by atoms with Crippen LogP contribution in [0.5, 0.6) is 5.75 Å². The van der Waals surface area contributed by atoms with Crippen molar-refractivity contribution in [1.29, 1.82) is 5.26 Å². The molecule has 0 amide bonds. The molecule has 4 heteroatoms. The molecular formula is C14H13NO3. The third-order valence-electron chi connectivity index (χ3n) is 2.10. The third kappa shape index (κ3) is 3.80. The maximum Gasteiger partial charge on any atom is 0.349 e. The van der Waals surface area contributed by atoms with Crippen molar-refractivity contribution in [3.8, 4) is 11.8 Å². The van der Waals surface area contributed by atoms with Crippen LogP contribution in [0.15, 0.2) is 42.5 Å². The van der Waals surface area contributed by atoms with E-state index >= 15 is 0 Å². The minimum atomic E-state index is -0.659. The number of nitriles is 1. The molecule has 0 aliphatic heterocycles. The lowest BCUT2D eigenvalue weighted by atomic mass is 10.1. The summed E-state index contributed by atoms with van der Waals surface area (Å²) in [5.74, 6) is 0.0492. The van der Waals surface area contributed by atoms with E-state index in [2.05, 4.69) is 6.58 Å². The molecule has 0 unspecified atom stereocenters.